The number of halogens is 1. The number of furan rings is 1. The number of hydrogen-bond donors (Lipinski definition) is 1. The number of unbranched alkanes of at least 4 members (excludes halogenated alkanes) is 6. The van der Waals surface area contributed by atoms with E-state index in [1.54, 1.807) is 0 Å². The van der Waals surface area contributed by atoms with Crippen molar-refractivity contribution in [2.75, 3.05) is 0 Å². The molecule has 0 saturated heterocycles. The van der Waals surface area contributed by atoms with Crippen molar-refractivity contribution in [3.63, 3.8) is 0 Å². The molecule has 1 heterocycles. The summed E-state index contributed by atoms with van der Waals surface area (Å²) in [5.74, 6) is 0.892. The maximum atomic E-state index is 6.06. The summed E-state index contributed by atoms with van der Waals surface area (Å²) in [6.07, 6.45) is 10.3. The molecule has 0 radical (unpaired) electrons. The molecule has 98 valence electrons. The molecule has 0 fully saturated rings. The SMILES string of the molecule is CCCCCCCCCC(N)c1ccc(Br)o1. The van der Waals surface area contributed by atoms with Gasteiger partial charge in [0, 0.05) is 0 Å². The molecule has 0 saturated carbocycles. The molecule has 1 atom stereocenters. The minimum Gasteiger partial charge on any atom is -0.453 e. The molecule has 0 bridgehead atoms. The third-order valence-electron chi connectivity index (χ3n) is 3.08. The molecule has 2 N–H and O–H groups in total. The second kappa shape index (κ2) is 8.76. The summed E-state index contributed by atoms with van der Waals surface area (Å²) in [6.45, 7) is 2.25. The van der Waals surface area contributed by atoms with Crippen LogP contribution in [-0.2, 0) is 0 Å². The van der Waals surface area contributed by atoms with Gasteiger partial charge in [-0.25, -0.2) is 0 Å². The Hall–Kier alpha value is -0.280. The zero-order chi connectivity index (χ0) is 12.5. The molecule has 0 aliphatic heterocycles. The van der Waals surface area contributed by atoms with Gasteiger partial charge in [-0.3, -0.25) is 0 Å². The van der Waals surface area contributed by atoms with Crippen LogP contribution in [0.25, 0.3) is 0 Å². The van der Waals surface area contributed by atoms with Crippen LogP contribution in [0.2, 0.25) is 0 Å². The van der Waals surface area contributed by atoms with Gasteiger partial charge in [-0.15, -0.1) is 0 Å². The van der Waals surface area contributed by atoms with Crippen molar-refractivity contribution in [1.29, 1.82) is 0 Å². The van der Waals surface area contributed by atoms with Crippen molar-refractivity contribution in [3.8, 4) is 0 Å². The van der Waals surface area contributed by atoms with E-state index in [1.807, 2.05) is 12.1 Å². The highest BCUT2D eigenvalue weighted by molar-refractivity contribution is 9.10. The summed E-state index contributed by atoms with van der Waals surface area (Å²) < 4.78 is 6.21. The molecule has 17 heavy (non-hydrogen) atoms. The maximum absolute atomic E-state index is 6.06. The van der Waals surface area contributed by atoms with E-state index < -0.39 is 0 Å². The van der Waals surface area contributed by atoms with Crippen LogP contribution >= 0.6 is 15.9 Å². The molecule has 3 heteroatoms. The van der Waals surface area contributed by atoms with Gasteiger partial charge in [-0.2, -0.15) is 0 Å². The lowest BCUT2D eigenvalue weighted by Gasteiger charge is -2.08. The lowest BCUT2D eigenvalue weighted by molar-refractivity contribution is 0.426. The van der Waals surface area contributed by atoms with Crippen LogP contribution in [0.4, 0.5) is 0 Å². The Morgan fingerprint density at radius 1 is 1.12 bits per heavy atom. The standard InChI is InChI=1S/C14H24BrNO/c1-2-3-4-5-6-7-8-9-12(16)13-10-11-14(15)17-13/h10-12H,2-9,16H2,1H3. The fourth-order valence-corrected chi connectivity index (χ4v) is 2.31. The molecule has 0 aromatic carbocycles. The van der Waals surface area contributed by atoms with Gasteiger partial charge >= 0.3 is 0 Å². The highest BCUT2D eigenvalue weighted by Crippen LogP contribution is 2.22. The third kappa shape index (κ3) is 6.27. The highest BCUT2D eigenvalue weighted by atomic mass is 79.9. The summed E-state index contributed by atoms with van der Waals surface area (Å²) in [7, 11) is 0. The van der Waals surface area contributed by atoms with Crippen molar-refractivity contribution >= 4 is 15.9 Å². The van der Waals surface area contributed by atoms with Crippen LogP contribution < -0.4 is 5.73 Å². The van der Waals surface area contributed by atoms with Gasteiger partial charge in [0.25, 0.3) is 0 Å². The predicted octanol–water partition coefficient (Wildman–Crippen LogP) is 5.18. The Balaban J connectivity index is 2.03. The molecule has 1 rings (SSSR count). The topological polar surface area (TPSA) is 39.2 Å². The summed E-state index contributed by atoms with van der Waals surface area (Å²) in [5, 5.41) is 0. The summed E-state index contributed by atoms with van der Waals surface area (Å²) in [6, 6.07) is 3.91. The summed E-state index contributed by atoms with van der Waals surface area (Å²) in [4.78, 5) is 0. The zero-order valence-electron chi connectivity index (χ0n) is 10.8. The number of hydrogen-bond acceptors (Lipinski definition) is 2. The Labute approximate surface area is 113 Å². The van der Waals surface area contributed by atoms with Crippen LogP contribution in [0.5, 0.6) is 0 Å². The Bertz CT molecular complexity index is 298. The van der Waals surface area contributed by atoms with Gasteiger partial charge < -0.3 is 10.2 Å². The normalized spacial score (nSPS) is 12.9. The Morgan fingerprint density at radius 2 is 1.76 bits per heavy atom. The van der Waals surface area contributed by atoms with Crippen molar-refractivity contribution < 1.29 is 4.42 Å². The van der Waals surface area contributed by atoms with Crippen LogP contribution in [0, 0.1) is 0 Å². The molecular formula is C14H24BrNO. The molecule has 1 aromatic rings. The van der Waals surface area contributed by atoms with Crippen molar-refractivity contribution in [1.82, 2.24) is 0 Å². The van der Waals surface area contributed by atoms with Gasteiger partial charge in [0.2, 0.25) is 0 Å². The molecule has 0 amide bonds. The molecule has 1 unspecified atom stereocenters. The van der Waals surface area contributed by atoms with Crippen molar-refractivity contribution in [2.24, 2.45) is 5.73 Å². The smallest absolute Gasteiger partial charge is 0.169 e. The Kier molecular flexibility index (Phi) is 7.62. The quantitative estimate of drug-likeness (QED) is 0.638. The van der Waals surface area contributed by atoms with Gasteiger partial charge in [0.15, 0.2) is 4.67 Å². The summed E-state index contributed by atoms with van der Waals surface area (Å²) in [5.41, 5.74) is 6.06. The fraction of sp³-hybridized carbons (Fsp3) is 0.714. The largest absolute Gasteiger partial charge is 0.453 e. The lowest BCUT2D eigenvalue weighted by Crippen LogP contribution is -2.08. The number of rotatable bonds is 9. The molecule has 2 nitrogen and oxygen atoms in total. The van der Waals surface area contributed by atoms with Crippen LogP contribution in [0.1, 0.15) is 70.1 Å². The first-order valence-electron chi connectivity index (χ1n) is 6.75. The summed E-state index contributed by atoms with van der Waals surface area (Å²) >= 11 is 3.30. The monoisotopic (exact) mass is 301 g/mol. The first-order chi connectivity index (χ1) is 8.24. The van der Waals surface area contributed by atoms with Gasteiger partial charge in [-0.1, -0.05) is 51.9 Å². The average molecular weight is 302 g/mol. The minimum absolute atomic E-state index is 0.0527. The molecule has 0 aliphatic carbocycles. The highest BCUT2D eigenvalue weighted by Gasteiger charge is 2.09. The van der Waals surface area contributed by atoms with E-state index >= 15 is 0 Å². The van der Waals surface area contributed by atoms with E-state index in [0.717, 1.165) is 16.9 Å². The van der Waals surface area contributed by atoms with E-state index in [4.69, 9.17) is 10.2 Å². The van der Waals surface area contributed by atoms with E-state index in [-0.39, 0.29) is 6.04 Å². The third-order valence-corrected chi connectivity index (χ3v) is 3.50. The van der Waals surface area contributed by atoms with Crippen LogP contribution in [0.3, 0.4) is 0 Å². The molecular weight excluding hydrogens is 278 g/mol. The second-order valence-corrected chi connectivity index (χ2v) is 5.44. The molecule has 1 aromatic heterocycles. The molecule has 0 spiro atoms. The fourth-order valence-electron chi connectivity index (χ4n) is 1.99. The van der Waals surface area contributed by atoms with E-state index in [9.17, 15) is 0 Å². The van der Waals surface area contributed by atoms with E-state index in [0.29, 0.717) is 0 Å². The Morgan fingerprint density at radius 3 is 2.35 bits per heavy atom. The van der Waals surface area contributed by atoms with E-state index in [1.165, 1.54) is 44.9 Å². The van der Waals surface area contributed by atoms with Crippen molar-refractivity contribution in [3.05, 3.63) is 22.6 Å². The van der Waals surface area contributed by atoms with Gasteiger partial charge in [0.1, 0.15) is 5.76 Å². The van der Waals surface area contributed by atoms with Crippen LogP contribution in [-0.4, -0.2) is 0 Å². The van der Waals surface area contributed by atoms with Gasteiger partial charge in [0.05, 0.1) is 6.04 Å². The zero-order valence-corrected chi connectivity index (χ0v) is 12.3. The predicted molar refractivity (Wildman–Crippen MR) is 75.9 cm³/mol. The molecule has 0 aliphatic rings. The minimum atomic E-state index is 0.0527. The average Bonchev–Trinajstić information content (AvgIpc) is 2.74. The van der Waals surface area contributed by atoms with E-state index in [2.05, 4.69) is 22.9 Å². The van der Waals surface area contributed by atoms with Crippen LogP contribution in [0.15, 0.2) is 21.2 Å². The second-order valence-electron chi connectivity index (χ2n) is 4.66. The first-order valence-corrected chi connectivity index (χ1v) is 7.54. The number of nitrogens with two attached hydrogens (primary N) is 1. The lowest BCUT2D eigenvalue weighted by atomic mass is 10.0. The first kappa shape index (κ1) is 14.8. The maximum Gasteiger partial charge on any atom is 0.169 e. The van der Waals surface area contributed by atoms with Crippen molar-refractivity contribution in [2.45, 2.75) is 64.3 Å². The van der Waals surface area contributed by atoms with Gasteiger partial charge in [-0.05, 0) is 34.5 Å².